The van der Waals surface area contributed by atoms with Crippen LogP contribution in [-0.4, -0.2) is 36.8 Å². The predicted molar refractivity (Wildman–Crippen MR) is 78.2 cm³/mol. The lowest BCUT2D eigenvalue weighted by Gasteiger charge is -2.24. The molecule has 1 unspecified atom stereocenters. The number of amides is 1. The van der Waals surface area contributed by atoms with Crippen molar-refractivity contribution in [2.45, 2.75) is 38.7 Å². The molecule has 0 saturated carbocycles. The van der Waals surface area contributed by atoms with E-state index < -0.39 is 5.60 Å². The normalized spacial score (nSPS) is 19.0. The van der Waals surface area contributed by atoms with Gasteiger partial charge in [0.05, 0.1) is 7.11 Å². The number of carbonyl (C=O) groups is 1. The second-order valence-electron chi connectivity index (χ2n) is 6.19. The van der Waals surface area contributed by atoms with Gasteiger partial charge in [-0.05, 0) is 44.9 Å². The summed E-state index contributed by atoms with van der Waals surface area (Å²) in [4.78, 5) is 13.8. The van der Waals surface area contributed by atoms with Gasteiger partial charge in [-0.15, -0.1) is 0 Å². The Labute approximate surface area is 120 Å². The molecule has 2 rings (SSSR count). The highest BCUT2D eigenvalue weighted by Crippen LogP contribution is 2.29. The van der Waals surface area contributed by atoms with Gasteiger partial charge in [-0.3, -0.25) is 0 Å². The molecule has 0 aliphatic carbocycles. The Morgan fingerprint density at radius 3 is 2.45 bits per heavy atom. The SMILES string of the molecule is COc1ccc(C2CCN(C(=O)OC(C)(C)C)C2)cc1. The molecule has 1 fully saturated rings. The number of hydrogen-bond donors (Lipinski definition) is 0. The van der Waals surface area contributed by atoms with E-state index in [1.165, 1.54) is 5.56 Å². The minimum absolute atomic E-state index is 0.214. The van der Waals surface area contributed by atoms with Gasteiger partial charge < -0.3 is 14.4 Å². The summed E-state index contributed by atoms with van der Waals surface area (Å²) in [6, 6.07) is 8.07. The molecule has 1 aliphatic heterocycles. The van der Waals surface area contributed by atoms with Crippen LogP contribution in [0, 0.1) is 0 Å². The van der Waals surface area contributed by atoms with Crippen LogP contribution in [-0.2, 0) is 4.74 Å². The van der Waals surface area contributed by atoms with Gasteiger partial charge in [0, 0.05) is 19.0 Å². The molecule has 4 nitrogen and oxygen atoms in total. The van der Waals surface area contributed by atoms with E-state index in [0.717, 1.165) is 25.3 Å². The molecule has 1 atom stereocenters. The van der Waals surface area contributed by atoms with E-state index in [2.05, 4.69) is 12.1 Å². The third kappa shape index (κ3) is 3.65. The Bertz CT molecular complexity index is 462. The fraction of sp³-hybridized carbons (Fsp3) is 0.562. The van der Waals surface area contributed by atoms with Crippen molar-refractivity contribution < 1.29 is 14.3 Å². The highest BCUT2D eigenvalue weighted by Gasteiger charge is 2.30. The van der Waals surface area contributed by atoms with Gasteiger partial charge in [-0.25, -0.2) is 4.79 Å². The van der Waals surface area contributed by atoms with Gasteiger partial charge in [0.15, 0.2) is 0 Å². The van der Waals surface area contributed by atoms with Crippen molar-refractivity contribution in [3.8, 4) is 5.75 Å². The smallest absolute Gasteiger partial charge is 0.410 e. The van der Waals surface area contributed by atoms with Gasteiger partial charge in [0.1, 0.15) is 11.4 Å². The van der Waals surface area contributed by atoms with Crippen molar-refractivity contribution in [2.24, 2.45) is 0 Å². The fourth-order valence-corrected chi connectivity index (χ4v) is 2.40. The highest BCUT2D eigenvalue weighted by molar-refractivity contribution is 5.68. The molecule has 0 bridgehead atoms. The summed E-state index contributed by atoms with van der Waals surface area (Å²) in [5.41, 5.74) is 0.812. The van der Waals surface area contributed by atoms with Crippen LogP contribution in [0.25, 0.3) is 0 Å². The maximum absolute atomic E-state index is 12.0. The summed E-state index contributed by atoms with van der Waals surface area (Å²) in [5, 5.41) is 0. The molecular weight excluding hydrogens is 254 g/mol. The van der Waals surface area contributed by atoms with Crippen LogP contribution in [0.5, 0.6) is 5.75 Å². The van der Waals surface area contributed by atoms with Gasteiger partial charge >= 0.3 is 6.09 Å². The van der Waals surface area contributed by atoms with Crippen LogP contribution >= 0.6 is 0 Å². The van der Waals surface area contributed by atoms with Crippen LogP contribution in [0.2, 0.25) is 0 Å². The molecule has 1 heterocycles. The number of ether oxygens (including phenoxy) is 2. The van der Waals surface area contributed by atoms with Crippen molar-refractivity contribution in [1.29, 1.82) is 0 Å². The minimum atomic E-state index is -0.435. The first kappa shape index (κ1) is 14.7. The second-order valence-corrected chi connectivity index (χ2v) is 6.19. The Morgan fingerprint density at radius 2 is 1.90 bits per heavy atom. The summed E-state index contributed by atoms with van der Waals surface area (Å²) in [5.74, 6) is 1.24. The number of carbonyl (C=O) groups excluding carboxylic acids is 1. The summed E-state index contributed by atoms with van der Waals surface area (Å²) < 4.78 is 10.6. The first-order chi connectivity index (χ1) is 9.39. The lowest BCUT2D eigenvalue weighted by Crippen LogP contribution is -2.35. The van der Waals surface area contributed by atoms with Crippen molar-refractivity contribution in [3.63, 3.8) is 0 Å². The van der Waals surface area contributed by atoms with Crippen molar-refractivity contribution >= 4 is 6.09 Å². The van der Waals surface area contributed by atoms with Crippen LogP contribution in [0.15, 0.2) is 24.3 Å². The van der Waals surface area contributed by atoms with E-state index in [-0.39, 0.29) is 6.09 Å². The number of benzene rings is 1. The van der Waals surface area contributed by atoms with Gasteiger partial charge in [0.25, 0.3) is 0 Å². The summed E-state index contributed by atoms with van der Waals surface area (Å²) in [7, 11) is 1.66. The molecule has 4 heteroatoms. The standard InChI is InChI=1S/C16H23NO3/c1-16(2,3)20-15(18)17-10-9-13(11-17)12-5-7-14(19-4)8-6-12/h5-8,13H,9-11H2,1-4H3. The number of nitrogens with zero attached hydrogens (tertiary/aromatic N) is 1. The Morgan fingerprint density at radius 1 is 1.25 bits per heavy atom. The molecule has 110 valence electrons. The molecule has 1 aromatic rings. The van der Waals surface area contributed by atoms with Crippen molar-refractivity contribution in [2.75, 3.05) is 20.2 Å². The zero-order chi connectivity index (χ0) is 14.8. The maximum atomic E-state index is 12.0. The predicted octanol–water partition coefficient (Wildman–Crippen LogP) is 3.42. The van der Waals surface area contributed by atoms with Crippen LogP contribution in [0.3, 0.4) is 0 Å². The largest absolute Gasteiger partial charge is 0.497 e. The Hall–Kier alpha value is -1.71. The lowest BCUT2D eigenvalue weighted by molar-refractivity contribution is 0.0292. The minimum Gasteiger partial charge on any atom is -0.497 e. The first-order valence-electron chi connectivity index (χ1n) is 7.01. The zero-order valence-electron chi connectivity index (χ0n) is 12.7. The summed E-state index contributed by atoms with van der Waals surface area (Å²) in [6.07, 6.45) is 0.763. The molecule has 0 aromatic heterocycles. The van der Waals surface area contributed by atoms with Crippen molar-refractivity contribution in [1.82, 2.24) is 4.90 Å². The number of hydrogen-bond acceptors (Lipinski definition) is 3. The average molecular weight is 277 g/mol. The van der Waals surface area contributed by atoms with Crippen LogP contribution < -0.4 is 4.74 Å². The number of methoxy groups -OCH3 is 1. The fourth-order valence-electron chi connectivity index (χ4n) is 2.40. The maximum Gasteiger partial charge on any atom is 0.410 e. The third-order valence-electron chi connectivity index (χ3n) is 3.43. The third-order valence-corrected chi connectivity index (χ3v) is 3.43. The molecular formula is C16H23NO3. The van der Waals surface area contributed by atoms with E-state index in [1.807, 2.05) is 32.9 Å². The zero-order valence-corrected chi connectivity index (χ0v) is 12.7. The summed E-state index contributed by atoms with van der Waals surface area (Å²) in [6.45, 7) is 7.15. The van der Waals surface area contributed by atoms with Crippen molar-refractivity contribution in [3.05, 3.63) is 29.8 Å². The Balaban J connectivity index is 1.96. The van der Waals surface area contributed by atoms with Gasteiger partial charge in [-0.1, -0.05) is 12.1 Å². The molecule has 20 heavy (non-hydrogen) atoms. The molecule has 0 spiro atoms. The second kappa shape index (κ2) is 5.73. The topological polar surface area (TPSA) is 38.8 Å². The molecule has 1 amide bonds. The molecule has 0 radical (unpaired) electrons. The van der Waals surface area contributed by atoms with E-state index in [1.54, 1.807) is 12.0 Å². The number of rotatable bonds is 2. The highest BCUT2D eigenvalue weighted by atomic mass is 16.6. The monoisotopic (exact) mass is 277 g/mol. The van der Waals surface area contributed by atoms with Crippen LogP contribution in [0.4, 0.5) is 4.79 Å². The Kier molecular flexibility index (Phi) is 4.21. The van der Waals surface area contributed by atoms with Gasteiger partial charge in [-0.2, -0.15) is 0 Å². The van der Waals surface area contributed by atoms with Gasteiger partial charge in [0.2, 0.25) is 0 Å². The van der Waals surface area contributed by atoms with E-state index >= 15 is 0 Å². The molecule has 1 saturated heterocycles. The number of likely N-dealkylation sites (tertiary alicyclic amines) is 1. The van der Waals surface area contributed by atoms with E-state index in [9.17, 15) is 4.79 Å². The lowest BCUT2D eigenvalue weighted by atomic mass is 9.98. The molecule has 0 N–H and O–H groups in total. The molecule has 1 aromatic carbocycles. The first-order valence-corrected chi connectivity index (χ1v) is 7.01. The molecule has 1 aliphatic rings. The summed E-state index contributed by atoms with van der Waals surface area (Å²) >= 11 is 0. The van der Waals surface area contributed by atoms with E-state index in [4.69, 9.17) is 9.47 Å². The average Bonchev–Trinajstić information content (AvgIpc) is 2.86. The van der Waals surface area contributed by atoms with E-state index in [0.29, 0.717) is 5.92 Å². The quantitative estimate of drug-likeness (QED) is 0.831. The van der Waals surface area contributed by atoms with Crippen LogP contribution in [0.1, 0.15) is 38.7 Å².